The Balaban J connectivity index is 2.31. The first kappa shape index (κ1) is 15.2. The zero-order valence-corrected chi connectivity index (χ0v) is 12.4. The SMILES string of the molecule is CC(C)(C)NC(N)=NCCN1CCOC(C)(C)C1. The van der Waals surface area contributed by atoms with Gasteiger partial charge < -0.3 is 15.8 Å². The molecule has 1 rings (SSSR count). The van der Waals surface area contributed by atoms with Crippen molar-refractivity contribution in [2.75, 3.05) is 32.8 Å². The molecule has 0 atom stereocenters. The van der Waals surface area contributed by atoms with Crippen molar-refractivity contribution >= 4 is 5.96 Å². The van der Waals surface area contributed by atoms with Gasteiger partial charge in [0.1, 0.15) is 0 Å². The molecule has 1 aliphatic heterocycles. The minimum Gasteiger partial charge on any atom is -0.373 e. The third-order valence-electron chi connectivity index (χ3n) is 2.71. The monoisotopic (exact) mass is 256 g/mol. The van der Waals surface area contributed by atoms with E-state index in [0.717, 1.165) is 32.8 Å². The molecule has 0 aromatic carbocycles. The Morgan fingerprint density at radius 3 is 2.67 bits per heavy atom. The van der Waals surface area contributed by atoms with Gasteiger partial charge in [0.2, 0.25) is 0 Å². The molecule has 1 fully saturated rings. The molecule has 0 aliphatic carbocycles. The first-order chi connectivity index (χ1) is 8.18. The lowest BCUT2D eigenvalue weighted by Crippen LogP contribution is -2.49. The van der Waals surface area contributed by atoms with Crippen molar-refractivity contribution < 1.29 is 4.74 Å². The topological polar surface area (TPSA) is 62.9 Å². The summed E-state index contributed by atoms with van der Waals surface area (Å²) >= 11 is 0. The lowest BCUT2D eigenvalue weighted by atomic mass is 10.1. The Bertz CT molecular complexity index is 294. The molecule has 0 aromatic rings. The third-order valence-corrected chi connectivity index (χ3v) is 2.71. The van der Waals surface area contributed by atoms with Crippen molar-refractivity contribution in [3.8, 4) is 0 Å². The van der Waals surface area contributed by atoms with E-state index < -0.39 is 0 Å². The maximum Gasteiger partial charge on any atom is 0.189 e. The smallest absolute Gasteiger partial charge is 0.189 e. The summed E-state index contributed by atoms with van der Waals surface area (Å²) < 4.78 is 5.67. The molecule has 18 heavy (non-hydrogen) atoms. The molecule has 1 heterocycles. The fourth-order valence-corrected chi connectivity index (χ4v) is 2.04. The molecule has 0 spiro atoms. The lowest BCUT2D eigenvalue weighted by Gasteiger charge is -2.37. The van der Waals surface area contributed by atoms with Crippen LogP contribution in [0.4, 0.5) is 0 Å². The van der Waals surface area contributed by atoms with Gasteiger partial charge in [-0.2, -0.15) is 0 Å². The summed E-state index contributed by atoms with van der Waals surface area (Å²) in [5.74, 6) is 0.523. The van der Waals surface area contributed by atoms with Gasteiger partial charge in [0.25, 0.3) is 0 Å². The highest BCUT2D eigenvalue weighted by Gasteiger charge is 2.26. The molecule has 5 nitrogen and oxygen atoms in total. The number of nitrogens with zero attached hydrogens (tertiary/aromatic N) is 2. The van der Waals surface area contributed by atoms with E-state index in [0.29, 0.717) is 5.96 Å². The quantitative estimate of drug-likeness (QED) is 0.579. The lowest BCUT2D eigenvalue weighted by molar-refractivity contribution is -0.0850. The number of ether oxygens (including phenoxy) is 1. The predicted octanol–water partition coefficient (Wildman–Crippen LogP) is 0.800. The second kappa shape index (κ2) is 5.89. The van der Waals surface area contributed by atoms with Gasteiger partial charge in [0.15, 0.2) is 5.96 Å². The van der Waals surface area contributed by atoms with Crippen LogP contribution in [0.2, 0.25) is 0 Å². The van der Waals surface area contributed by atoms with E-state index in [1.54, 1.807) is 0 Å². The summed E-state index contributed by atoms with van der Waals surface area (Å²) in [6, 6.07) is 0. The molecule has 5 heteroatoms. The number of rotatable bonds is 3. The van der Waals surface area contributed by atoms with E-state index in [4.69, 9.17) is 10.5 Å². The fraction of sp³-hybridized carbons (Fsp3) is 0.923. The molecule has 0 bridgehead atoms. The summed E-state index contributed by atoms with van der Waals surface area (Å²) in [5.41, 5.74) is 5.75. The van der Waals surface area contributed by atoms with Crippen molar-refractivity contribution in [1.82, 2.24) is 10.2 Å². The van der Waals surface area contributed by atoms with Crippen molar-refractivity contribution in [2.24, 2.45) is 10.7 Å². The van der Waals surface area contributed by atoms with E-state index >= 15 is 0 Å². The Hall–Kier alpha value is -0.810. The number of morpholine rings is 1. The number of nitrogens with two attached hydrogens (primary N) is 1. The summed E-state index contributed by atoms with van der Waals surface area (Å²) in [7, 11) is 0. The van der Waals surface area contributed by atoms with Crippen LogP contribution in [0.25, 0.3) is 0 Å². The summed E-state index contributed by atoms with van der Waals surface area (Å²) in [5, 5.41) is 3.16. The Morgan fingerprint density at radius 2 is 2.11 bits per heavy atom. The molecule has 1 saturated heterocycles. The van der Waals surface area contributed by atoms with Gasteiger partial charge in [-0.3, -0.25) is 9.89 Å². The van der Waals surface area contributed by atoms with Crippen molar-refractivity contribution in [3.05, 3.63) is 0 Å². The van der Waals surface area contributed by atoms with Gasteiger partial charge in [0, 0.05) is 25.2 Å². The summed E-state index contributed by atoms with van der Waals surface area (Å²) in [4.78, 5) is 6.72. The average Bonchev–Trinajstić information content (AvgIpc) is 2.12. The molecular formula is C13H28N4O. The third kappa shape index (κ3) is 6.21. The molecule has 106 valence electrons. The predicted molar refractivity (Wildman–Crippen MR) is 75.8 cm³/mol. The highest BCUT2D eigenvalue weighted by molar-refractivity contribution is 5.78. The first-order valence-corrected chi connectivity index (χ1v) is 6.62. The highest BCUT2D eigenvalue weighted by Crippen LogP contribution is 2.15. The molecular weight excluding hydrogens is 228 g/mol. The Labute approximate surface area is 111 Å². The molecule has 0 amide bonds. The van der Waals surface area contributed by atoms with Crippen LogP contribution in [0.15, 0.2) is 4.99 Å². The van der Waals surface area contributed by atoms with Crippen LogP contribution in [-0.4, -0.2) is 54.8 Å². The van der Waals surface area contributed by atoms with Gasteiger partial charge in [-0.05, 0) is 34.6 Å². The minimum atomic E-state index is -0.0445. The molecule has 0 radical (unpaired) electrons. The normalized spacial score (nSPS) is 21.9. The van der Waals surface area contributed by atoms with Crippen molar-refractivity contribution in [3.63, 3.8) is 0 Å². The van der Waals surface area contributed by atoms with Gasteiger partial charge in [-0.25, -0.2) is 0 Å². The van der Waals surface area contributed by atoms with Crippen LogP contribution in [0.5, 0.6) is 0 Å². The summed E-state index contributed by atoms with van der Waals surface area (Å²) in [6.45, 7) is 14.8. The molecule has 3 N–H and O–H groups in total. The van der Waals surface area contributed by atoms with Gasteiger partial charge in [0.05, 0.1) is 18.8 Å². The Kier molecular flexibility index (Phi) is 4.99. The second-order valence-electron chi connectivity index (χ2n) is 6.53. The van der Waals surface area contributed by atoms with Crippen LogP contribution in [0, 0.1) is 0 Å². The maximum atomic E-state index is 5.82. The molecule has 0 saturated carbocycles. The molecule has 1 aliphatic rings. The van der Waals surface area contributed by atoms with E-state index in [-0.39, 0.29) is 11.1 Å². The number of hydrogen-bond acceptors (Lipinski definition) is 3. The van der Waals surface area contributed by atoms with Crippen LogP contribution in [0.1, 0.15) is 34.6 Å². The average molecular weight is 256 g/mol. The number of hydrogen-bond donors (Lipinski definition) is 2. The highest BCUT2D eigenvalue weighted by atomic mass is 16.5. The zero-order chi connectivity index (χ0) is 13.8. The van der Waals surface area contributed by atoms with Crippen molar-refractivity contribution in [2.45, 2.75) is 45.8 Å². The fourth-order valence-electron chi connectivity index (χ4n) is 2.04. The van der Waals surface area contributed by atoms with Crippen LogP contribution < -0.4 is 11.1 Å². The number of guanidine groups is 1. The maximum absolute atomic E-state index is 5.82. The van der Waals surface area contributed by atoms with Gasteiger partial charge in [-0.15, -0.1) is 0 Å². The van der Waals surface area contributed by atoms with Gasteiger partial charge in [-0.1, -0.05) is 0 Å². The van der Waals surface area contributed by atoms with E-state index in [1.165, 1.54) is 0 Å². The van der Waals surface area contributed by atoms with E-state index in [1.807, 2.05) is 0 Å². The molecule has 0 aromatic heterocycles. The van der Waals surface area contributed by atoms with Crippen LogP contribution >= 0.6 is 0 Å². The van der Waals surface area contributed by atoms with Crippen LogP contribution in [0.3, 0.4) is 0 Å². The van der Waals surface area contributed by atoms with Crippen LogP contribution in [-0.2, 0) is 4.74 Å². The second-order valence-corrected chi connectivity index (χ2v) is 6.53. The standard InChI is InChI=1S/C13H28N4O/c1-12(2,3)16-11(14)15-6-7-17-8-9-18-13(4,5)10-17/h6-10H2,1-5H3,(H3,14,15,16). The van der Waals surface area contributed by atoms with Gasteiger partial charge >= 0.3 is 0 Å². The van der Waals surface area contributed by atoms with E-state index in [9.17, 15) is 0 Å². The number of aliphatic imine (C=N–C) groups is 1. The number of nitrogens with one attached hydrogen (secondary N) is 1. The summed E-state index contributed by atoms with van der Waals surface area (Å²) in [6.07, 6.45) is 0. The van der Waals surface area contributed by atoms with E-state index in [2.05, 4.69) is 49.8 Å². The Morgan fingerprint density at radius 1 is 1.44 bits per heavy atom. The largest absolute Gasteiger partial charge is 0.373 e. The zero-order valence-electron chi connectivity index (χ0n) is 12.4. The molecule has 0 unspecified atom stereocenters. The first-order valence-electron chi connectivity index (χ1n) is 6.62. The van der Waals surface area contributed by atoms with Crippen molar-refractivity contribution in [1.29, 1.82) is 0 Å². The minimum absolute atomic E-state index is 0.0332.